The molecule has 0 saturated carbocycles. The fourth-order valence-corrected chi connectivity index (χ4v) is 1.56. The van der Waals surface area contributed by atoms with E-state index in [-0.39, 0.29) is 12.0 Å². The van der Waals surface area contributed by atoms with Gasteiger partial charge in [0.15, 0.2) is 0 Å². The second kappa shape index (κ2) is 5.05. The first-order chi connectivity index (χ1) is 8.26. The topological polar surface area (TPSA) is 60.1 Å². The van der Waals surface area contributed by atoms with Crippen LogP contribution in [0.15, 0.2) is 18.2 Å². The minimum atomic E-state index is -0.213. The van der Waals surface area contributed by atoms with Crippen LogP contribution in [0, 0.1) is 0 Å². The van der Waals surface area contributed by atoms with Crippen LogP contribution in [0.2, 0.25) is 0 Å². The molecule has 17 heavy (non-hydrogen) atoms. The third-order valence-electron chi connectivity index (χ3n) is 2.55. The Morgan fingerprint density at radius 1 is 1.41 bits per heavy atom. The molecule has 1 heterocycles. The fourth-order valence-electron chi connectivity index (χ4n) is 1.56. The van der Waals surface area contributed by atoms with E-state index in [0.717, 1.165) is 0 Å². The first kappa shape index (κ1) is 11.7. The first-order valence-electron chi connectivity index (χ1n) is 5.37. The molecule has 1 N–H and O–H groups in total. The smallest absolute Gasteiger partial charge is 0.258 e. The largest absolute Gasteiger partial charge is 0.496 e. The summed E-state index contributed by atoms with van der Waals surface area (Å²) in [6.07, 6.45) is 0.152. The van der Waals surface area contributed by atoms with Gasteiger partial charge in [-0.15, -0.1) is 0 Å². The van der Waals surface area contributed by atoms with E-state index in [2.05, 4.69) is 5.32 Å². The van der Waals surface area contributed by atoms with Crippen molar-refractivity contribution in [3.8, 4) is 11.5 Å². The predicted molar refractivity (Wildman–Crippen MR) is 61.6 cm³/mol. The summed E-state index contributed by atoms with van der Waals surface area (Å²) < 4.78 is 15.3. The number of carbonyl (C=O) groups excluding carboxylic acids is 1. The van der Waals surface area contributed by atoms with Crippen LogP contribution in [-0.4, -0.2) is 39.4 Å². The van der Waals surface area contributed by atoms with Crippen LogP contribution in [-0.2, 0) is 4.74 Å². The zero-order valence-electron chi connectivity index (χ0n) is 9.86. The molecular weight excluding hydrogens is 222 g/mol. The van der Waals surface area contributed by atoms with Gasteiger partial charge in [-0.3, -0.25) is 4.79 Å². The molecule has 1 aromatic rings. The predicted octanol–water partition coefficient (Wildman–Crippen LogP) is 0.832. The fraction of sp³-hybridized carbons (Fsp3) is 0.417. The van der Waals surface area contributed by atoms with Gasteiger partial charge in [-0.2, -0.15) is 0 Å². The minimum Gasteiger partial charge on any atom is -0.496 e. The van der Waals surface area contributed by atoms with Gasteiger partial charge in [0.2, 0.25) is 0 Å². The maximum absolute atomic E-state index is 12.0. The van der Waals surface area contributed by atoms with Crippen LogP contribution in [0.4, 0.5) is 0 Å². The zero-order valence-corrected chi connectivity index (χ0v) is 9.86. The van der Waals surface area contributed by atoms with E-state index in [1.165, 1.54) is 14.2 Å². The Balaban J connectivity index is 2.17. The van der Waals surface area contributed by atoms with Gasteiger partial charge < -0.3 is 19.5 Å². The van der Waals surface area contributed by atoms with Gasteiger partial charge >= 0.3 is 0 Å². The van der Waals surface area contributed by atoms with Crippen LogP contribution in [0.5, 0.6) is 11.5 Å². The number of hydrogen-bond acceptors (Lipinski definition) is 4. The quantitative estimate of drug-likeness (QED) is 0.771. The number of benzene rings is 1. The van der Waals surface area contributed by atoms with Crippen LogP contribution in [0.3, 0.4) is 0 Å². The molecule has 0 spiro atoms. The standard InChI is InChI=1S/C12H15NO4/c1-15-9-4-3-5-10(16-2)11(9)12(14)13-6-8-7-17-8/h3-5,8H,6-7H2,1-2H3,(H,13,14). The second-order valence-corrected chi connectivity index (χ2v) is 3.70. The third kappa shape index (κ3) is 2.68. The molecule has 0 aliphatic carbocycles. The molecule has 92 valence electrons. The lowest BCUT2D eigenvalue weighted by molar-refractivity contribution is 0.0944. The van der Waals surface area contributed by atoms with Crippen LogP contribution in [0.25, 0.3) is 0 Å². The Morgan fingerprint density at radius 3 is 2.47 bits per heavy atom. The lowest BCUT2D eigenvalue weighted by Crippen LogP contribution is -2.28. The summed E-state index contributed by atoms with van der Waals surface area (Å²) in [5, 5.41) is 2.79. The Bertz CT molecular complexity index is 393. The van der Waals surface area contributed by atoms with E-state index in [1.54, 1.807) is 18.2 Å². The number of methoxy groups -OCH3 is 2. The summed E-state index contributed by atoms with van der Waals surface area (Å²) >= 11 is 0. The van der Waals surface area contributed by atoms with Crippen LogP contribution < -0.4 is 14.8 Å². The lowest BCUT2D eigenvalue weighted by atomic mass is 10.1. The van der Waals surface area contributed by atoms with Crippen molar-refractivity contribution in [3.63, 3.8) is 0 Å². The molecule has 0 aromatic heterocycles. The molecule has 1 aliphatic rings. The normalized spacial score (nSPS) is 17.4. The van der Waals surface area contributed by atoms with Gasteiger partial charge in [0.25, 0.3) is 5.91 Å². The molecule has 1 saturated heterocycles. The number of ether oxygens (including phenoxy) is 3. The molecule has 0 radical (unpaired) electrons. The molecule has 1 amide bonds. The van der Waals surface area contributed by atoms with E-state index in [9.17, 15) is 4.79 Å². The Morgan fingerprint density at radius 2 is 2.00 bits per heavy atom. The van der Waals surface area contributed by atoms with Gasteiger partial charge in [0.1, 0.15) is 17.1 Å². The van der Waals surface area contributed by atoms with E-state index in [1.807, 2.05) is 0 Å². The van der Waals surface area contributed by atoms with Crippen molar-refractivity contribution in [1.29, 1.82) is 0 Å². The summed E-state index contributed by atoms with van der Waals surface area (Å²) in [4.78, 5) is 12.0. The highest BCUT2D eigenvalue weighted by Gasteiger charge is 2.25. The van der Waals surface area contributed by atoms with Crippen molar-refractivity contribution in [2.24, 2.45) is 0 Å². The van der Waals surface area contributed by atoms with Crippen molar-refractivity contribution >= 4 is 5.91 Å². The van der Waals surface area contributed by atoms with Crippen LogP contribution in [0.1, 0.15) is 10.4 Å². The molecule has 5 nitrogen and oxygen atoms in total. The molecule has 1 aromatic carbocycles. The zero-order chi connectivity index (χ0) is 12.3. The van der Waals surface area contributed by atoms with Crippen molar-refractivity contribution in [3.05, 3.63) is 23.8 Å². The highest BCUT2D eigenvalue weighted by molar-refractivity contribution is 5.99. The number of hydrogen-bond donors (Lipinski definition) is 1. The van der Waals surface area contributed by atoms with E-state index in [4.69, 9.17) is 14.2 Å². The number of amides is 1. The highest BCUT2D eigenvalue weighted by atomic mass is 16.6. The molecule has 1 fully saturated rings. The molecule has 5 heteroatoms. The summed E-state index contributed by atoms with van der Waals surface area (Å²) in [7, 11) is 3.05. The maximum atomic E-state index is 12.0. The molecule has 1 unspecified atom stereocenters. The SMILES string of the molecule is COc1cccc(OC)c1C(=O)NCC1CO1. The summed E-state index contributed by atoms with van der Waals surface area (Å²) in [5.74, 6) is 0.784. The maximum Gasteiger partial charge on any atom is 0.258 e. The molecular formula is C12H15NO4. The number of nitrogens with one attached hydrogen (secondary N) is 1. The van der Waals surface area contributed by atoms with Crippen LogP contribution >= 0.6 is 0 Å². The van der Waals surface area contributed by atoms with E-state index >= 15 is 0 Å². The van der Waals surface area contributed by atoms with Gasteiger partial charge in [-0.1, -0.05) is 6.07 Å². The Labute approximate surface area is 99.7 Å². The average Bonchev–Trinajstić information content (AvgIpc) is 3.18. The van der Waals surface area contributed by atoms with Gasteiger partial charge in [-0.25, -0.2) is 0 Å². The molecule has 2 rings (SSSR count). The third-order valence-corrected chi connectivity index (χ3v) is 2.55. The average molecular weight is 237 g/mol. The van der Waals surface area contributed by atoms with Crippen molar-refractivity contribution in [2.75, 3.05) is 27.4 Å². The molecule has 1 atom stereocenters. The Kier molecular flexibility index (Phi) is 3.49. The lowest BCUT2D eigenvalue weighted by Gasteiger charge is -2.12. The van der Waals surface area contributed by atoms with Gasteiger partial charge in [-0.05, 0) is 12.1 Å². The van der Waals surface area contributed by atoms with E-state index < -0.39 is 0 Å². The summed E-state index contributed by atoms with van der Waals surface area (Å²) in [6.45, 7) is 1.23. The van der Waals surface area contributed by atoms with Gasteiger partial charge in [0, 0.05) is 6.54 Å². The number of epoxide rings is 1. The number of rotatable bonds is 5. The second-order valence-electron chi connectivity index (χ2n) is 3.70. The monoisotopic (exact) mass is 237 g/mol. The highest BCUT2D eigenvalue weighted by Crippen LogP contribution is 2.27. The van der Waals surface area contributed by atoms with Crippen molar-refractivity contribution in [1.82, 2.24) is 5.32 Å². The Hall–Kier alpha value is -1.75. The molecule has 1 aliphatic heterocycles. The van der Waals surface area contributed by atoms with Crippen molar-refractivity contribution < 1.29 is 19.0 Å². The number of carbonyl (C=O) groups is 1. The first-order valence-corrected chi connectivity index (χ1v) is 5.37. The van der Waals surface area contributed by atoms with Gasteiger partial charge in [0.05, 0.1) is 26.9 Å². The van der Waals surface area contributed by atoms with E-state index in [0.29, 0.717) is 30.2 Å². The summed E-state index contributed by atoms with van der Waals surface area (Å²) in [5.41, 5.74) is 0.415. The van der Waals surface area contributed by atoms with Crippen molar-refractivity contribution in [2.45, 2.75) is 6.10 Å². The summed E-state index contributed by atoms with van der Waals surface area (Å²) in [6, 6.07) is 5.23. The molecule has 0 bridgehead atoms. The minimum absolute atomic E-state index is 0.152.